The first-order valence-corrected chi connectivity index (χ1v) is 9.95. The molecule has 7 heteroatoms. The van der Waals surface area contributed by atoms with E-state index in [4.69, 9.17) is 20.1 Å². The molecule has 0 amide bonds. The van der Waals surface area contributed by atoms with E-state index < -0.39 is 0 Å². The quantitative estimate of drug-likeness (QED) is 0.840. The normalized spacial score (nSPS) is 19.7. The van der Waals surface area contributed by atoms with Crippen molar-refractivity contribution in [2.45, 2.75) is 57.4 Å². The minimum absolute atomic E-state index is 0.627. The molecule has 1 aliphatic heterocycles. The molecular weight excluding hydrogens is 326 g/mol. The van der Waals surface area contributed by atoms with Crippen LogP contribution in [0.15, 0.2) is 0 Å². The van der Waals surface area contributed by atoms with Gasteiger partial charge >= 0.3 is 0 Å². The highest BCUT2D eigenvalue weighted by Crippen LogP contribution is 2.38. The second-order valence-electron chi connectivity index (χ2n) is 7.99. The highest BCUT2D eigenvalue weighted by Gasteiger charge is 2.30. The maximum atomic E-state index is 4.94. The average Bonchev–Trinajstić information content (AvgIpc) is 3.45. The zero-order valence-electron chi connectivity index (χ0n) is 15.8. The summed E-state index contributed by atoms with van der Waals surface area (Å²) in [6.07, 6.45) is 8.12. The number of nitrogens with zero attached hydrogens (tertiary/aromatic N) is 7. The summed E-state index contributed by atoms with van der Waals surface area (Å²) < 4.78 is 2.13. The highest BCUT2D eigenvalue weighted by molar-refractivity contribution is 5.54. The van der Waals surface area contributed by atoms with E-state index in [0.29, 0.717) is 5.92 Å². The van der Waals surface area contributed by atoms with Crippen molar-refractivity contribution in [2.24, 2.45) is 0 Å². The second-order valence-corrected chi connectivity index (χ2v) is 7.99. The molecule has 0 unspecified atom stereocenters. The maximum Gasteiger partial charge on any atom is 0.227 e. The van der Waals surface area contributed by atoms with E-state index in [0.717, 1.165) is 62.3 Å². The Morgan fingerprint density at radius 2 is 1.77 bits per heavy atom. The number of aromatic nitrogens is 5. The molecule has 0 saturated heterocycles. The predicted molar refractivity (Wildman–Crippen MR) is 101 cm³/mol. The van der Waals surface area contributed by atoms with Gasteiger partial charge < -0.3 is 9.80 Å². The molecule has 1 fully saturated rings. The largest absolute Gasteiger partial charge is 0.354 e. The van der Waals surface area contributed by atoms with E-state index >= 15 is 0 Å². The van der Waals surface area contributed by atoms with Gasteiger partial charge in [0.15, 0.2) is 5.82 Å². The van der Waals surface area contributed by atoms with Gasteiger partial charge in [-0.1, -0.05) is 0 Å². The third-order valence-corrected chi connectivity index (χ3v) is 5.74. The summed E-state index contributed by atoms with van der Waals surface area (Å²) in [5.41, 5.74) is 2.62. The fraction of sp³-hybridized carbons (Fsp3) is 0.684. The summed E-state index contributed by atoms with van der Waals surface area (Å²) in [5.74, 6) is 4.82. The van der Waals surface area contributed by atoms with E-state index in [1.54, 1.807) is 0 Å². The molecule has 7 nitrogen and oxygen atoms in total. The molecular formula is C19H27N7. The Labute approximate surface area is 154 Å². The van der Waals surface area contributed by atoms with E-state index in [1.807, 2.05) is 19.0 Å². The lowest BCUT2D eigenvalue weighted by molar-refractivity contribution is 0.598. The van der Waals surface area contributed by atoms with Gasteiger partial charge in [-0.25, -0.2) is 14.6 Å². The van der Waals surface area contributed by atoms with Crippen molar-refractivity contribution in [2.75, 3.05) is 37.0 Å². The van der Waals surface area contributed by atoms with Gasteiger partial charge in [-0.3, -0.25) is 0 Å². The number of hydrogen-bond donors (Lipinski definition) is 0. The van der Waals surface area contributed by atoms with Crippen molar-refractivity contribution in [3.63, 3.8) is 0 Å². The number of rotatable bonds is 3. The standard InChI is InChI=1S/C19H27N7/c1-24(2)19-20-15-6-4-3-5-14(15)18(22-19)25-10-9-16-21-17(13-7-8-13)23-26(16)12-11-25/h13H,3-12H2,1-2H3. The van der Waals surface area contributed by atoms with Crippen LogP contribution in [0, 0.1) is 0 Å². The molecule has 0 aromatic carbocycles. The monoisotopic (exact) mass is 353 g/mol. The molecule has 138 valence electrons. The van der Waals surface area contributed by atoms with Crippen molar-refractivity contribution in [3.05, 3.63) is 22.9 Å². The van der Waals surface area contributed by atoms with Crippen molar-refractivity contribution < 1.29 is 0 Å². The molecule has 3 aliphatic rings. The van der Waals surface area contributed by atoms with Crippen molar-refractivity contribution in [1.29, 1.82) is 0 Å². The summed E-state index contributed by atoms with van der Waals surface area (Å²) in [6, 6.07) is 0. The second kappa shape index (κ2) is 6.21. The van der Waals surface area contributed by atoms with Crippen molar-refractivity contribution in [3.8, 4) is 0 Å². The first-order chi connectivity index (χ1) is 12.7. The molecule has 0 bridgehead atoms. The van der Waals surface area contributed by atoms with Gasteiger partial charge in [0.05, 0.1) is 12.2 Å². The van der Waals surface area contributed by atoms with Crippen molar-refractivity contribution in [1.82, 2.24) is 24.7 Å². The summed E-state index contributed by atoms with van der Waals surface area (Å²) in [4.78, 5) is 19.0. The fourth-order valence-electron chi connectivity index (χ4n) is 4.07. The Bertz CT molecular complexity index is 796. The van der Waals surface area contributed by atoms with Crippen LogP contribution in [0.1, 0.15) is 54.5 Å². The Balaban J connectivity index is 1.44. The summed E-state index contributed by atoms with van der Waals surface area (Å²) in [6.45, 7) is 2.79. The Morgan fingerprint density at radius 3 is 2.58 bits per heavy atom. The summed E-state index contributed by atoms with van der Waals surface area (Å²) in [5, 5.41) is 4.77. The molecule has 1 saturated carbocycles. The Kier molecular flexibility index (Phi) is 3.83. The van der Waals surface area contributed by atoms with E-state index in [1.165, 1.54) is 36.9 Å². The number of anilines is 2. The molecule has 2 aromatic heterocycles. The molecule has 5 rings (SSSR count). The van der Waals surface area contributed by atoms with Gasteiger partial charge in [0.1, 0.15) is 11.6 Å². The minimum Gasteiger partial charge on any atom is -0.354 e. The summed E-state index contributed by atoms with van der Waals surface area (Å²) >= 11 is 0. The average molecular weight is 353 g/mol. The lowest BCUT2D eigenvalue weighted by Crippen LogP contribution is -2.31. The highest BCUT2D eigenvalue weighted by atomic mass is 15.4. The van der Waals surface area contributed by atoms with Crippen LogP contribution in [0.5, 0.6) is 0 Å². The maximum absolute atomic E-state index is 4.94. The van der Waals surface area contributed by atoms with Gasteiger partial charge in [0.25, 0.3) is 0 Å². The van der Waals surface area contributed by atoms with Crippen molar-refractivity contribution >= 4 is 11.8 Å². The van der Waals surface area contributed by atoms with Crippen LogP contribution in [-0.2, 0) is 25.8 Å². The van der Waals surface area contributed by atoms with Crippen LogP contribution >= 0.6 is 0 Å². The molecule has 3 heterocycles. The third-order valence-electron chi connectivity index (χ3n) is 5.74. The molecule has 2 aromatic rings. The van der Waals surface area contributed by atoms with Crippen LogP contribution in [0.25, 0.3) is 0 Å². The van der Waals surface area contributed by atoms with E-state index in [9.17, 15) is 0 Å². The number of fused-ring (bicyclic) bond motifs is 2. The zero-order valence-corrected chi connectivity index (χ0v) is 15.8. The molecule has 26 heavy (non-hydrogen) atoms. The molecule has 0 radical (unpaired) electrons. The minimum atomic E-state index is 0.627. The third kappa shape index (κ3) is 2.83. The van der Waals surface area contributed by atoms with Crippen LogP contribution in [-0.4, -0.2) is 51.9 Å². The smallest absolute Gasteiger partial charge is 0.227 e. The SMILES string of the molecule is CN(C)c1nc2c(c(N3CCc4nc(C5CC5)nn4CC3)n1)CCCC2. The van der Waals surface area contributed by atoms with Crippen LogP contribution in [0.4, 0.5) is 11.8 Å². The van der Waals surface area contributed by atoms with Gasteiger partial charge in [-0.2, -0.15) is 10.1 Å². The topological polar surface area (TPSA) is 63.0 Å². The predicted octanol–water partition coefficient (Wildman–Crippen LogP) is 1.95. The molecule has 2 aliphatic carbocycles. The van der Waals surface area contributed by atoms with E-state index in [2.05, 4.69) is 9.58 Å². The molecule has 0 atom stereocenters. The first kappa shape index (κ1) is 16.0. The van der Waals surface area contributed by atoms with Gasteiger partial charge in [-0.05, 0) is 38.5 Å². The van der Waals surface area contributed by atoms with Gasteiger partial charge in [0.2, 0.25) is 5.95 Å². The zero-order chi connectivity index (χ0) is 17.7. The van der Waals surface area contributed by atoms with Crippen LogP contribution < -0.4 is 9.80 Å². The lowest BCUT2D eigenvalue weighted by Gasteiger charge is -2.28. The first-order valence-electron chi connectivity index (χ1n) is 9.95. The lowest BCUT2D eigenvalue weighted by atomic mass is 9.96. The van der Waals surface area contributed by atoms with E-state index in [-0.39, 0.29) is 0 Å². The number of aryl methyl sites for hydroxylation is 1. The number of hydrogen-bond acceptors (Lipinski definition) is 6. The molecule has 0 N–H and O–H groups in total. The van der Waals surface area contributed by atoms with Gasteiger partial charge in [0, 0.05) is 45.1 Å². The molecule has 0 spiro atoms. The van der Waals surface area contributed by atoms with Gasteiger partial charge in [-0.15, -0.1) is 0 Å². The summed E-state index contributed by atoms with van der Waals surface area (Å²) in [7, 11) is 4.05. The Morgan fingerprint density at radius 1 is 0.923 bits per heavy atom. The van der Waals surface area contributed by atoms with Crippen LogP contribution in [0.2, 0.25) is 0 Å². The van der Waals surface area contributed by atoms with Crippen LogP contribution in [0.3, 0.4) is 0 Å². The fourth-order valence-corrected chi connectivity index (χ4v) is 4.07. The Hall–Kier alpha value is -2.18.